The molecule has 0 spiro atoms. The largest absolute Gasteiger partial charge is 0.394 e. The summed E-state index contributed by atoms with van der Waals surface area (Å²) in [6, 6.07) is -0.640. The first kappa shape index (κ1) is 46.6. The molecule has 0 radical (unpaired) electrons. The quantitative estimate of drug-likeness (QED) is 0.0451. The van der Waals surface area contributed by atoms with Crippen molar-refractivity contribution in [2.75, 3.05) is 6.61 Å². The molecule has 0 heterocycles. The summed E-state index contributed by atoms with van der Waals surface area (Å²) in [5.41, 5.74) is 0. The first-order valence-electron chi connectivity index (χ1n) is 21.2. The van der Waals surface area contributed by atoms with Crippen molar-refractivity contribution in [3.63, 3.8) is 0 Å². The third-order valence-electron chi connectivity index (χ3n) is 9.60. The van der Waals surface area contributed by atoms with Crippen molar-refractivity contribution in [1.29, 1.82) is 0 Å². The Hall–Kier alpha value is -1.39. The van der Waals surface area contributed by atoms with Crippen molar-refractivity contribution < 1.29 is 15.0 Å². The number of nitrogens with one attached hydrogen (secondary N) is 1. The molecule has 0 aliphatic rings. The van der Waals surface area contributed by atoms with Gasteiger partial charge < -0.3 is 15.5 Å². The van der Waals surface area contributed by atoms with Crippen LogP contribution in [0.4, 0.5) is 0 Å². The summed E-state index contributed by atoms with van der Waals surface area (Å²) < 4.78 is 0. The highest BCUT2D eigenvalue weighted by atomic mass is 16.3. The van der Waals surface area contributed by atoms with E-state index >= 15 is 0 Å². The molecular formula is C44H83NO3. The lowest BCUT2D eigenvalue weighted by atomic mass is 10.0. The van der Waals surface area contributed by atoms with E-state index in [0.717, 1.165) is 38.5 Å². The van der Waals surface area contributed by atoms with Crippen molar-refractivity contribution in [1.82, 2.24) is 5.32 Å². The van der Waals surface area contributed by atoms with Crippen LogP contribution in [0.5, 0.6) is 0 Å². The average Bonchev–Trinajstić information content (AvgIpc) is 3.09. The van der Waals surface area contributed by atoms with Crippen LogP contribution in [0.25, 0.3) is 0 Å². The molecule has 1 amide bonds. The normalized spacial score (nSPS) is 13.3. The molecule has 0 rings (SSSR count). The van der Waals surface area contributed by atoms with Crippen LogP contribution in [0, 0.1) is 0 Å². The van der Waals surface area contributed by atoms with Crippen molar-refractivity contribution in [3.8, 4) is 0 Å². The SMILES string of the molecule is CCCCCCCCCCCCCCCCCC/C=C/CC/C=C/CC/C=C/C(O)C(CO)NC(=O)CCCCCCCCCCCC. The Kier molecular flexibility index (Phi) is 38.9. The van der Waals surface area contributed by atoms with Gasteiger partial charge in [-0.1, -0.05) is 204 Å². The zero-order valence-electron chi connectivity index (χ0n) is 32.3. The Bertz CT molecular complexity index is 731. The summed E-state index contributed by atoms with van der Waals surface area (Å²) in [5, 5.41) is 22.9. The molecule has 2 atom stereocenters. The summed E-state index contributed by atoms with van der Waals surface area (Å²) in [7, 11) is 0. The van der Waals surface area contributed by atoms with E-state index in [4.69, 9.17) is 0 Å². The highest BCUT2D eigenvalue weighted by Gasteiger charge is 2.17. The highest BCUT2D eigenvalue weighted by molar-refractivity contribution is 5.76. The standard InChI is InChI=1S/C44H83NO3/c1-3-5-7-9-11-13-15-16-17-18-19-20-21-22-23-24-25-26-27-28-29-30-31-33-35-37-39-43(47)42(41-46)45-44(48)40-38-36-34-32-14-12-10-8-6-4-2/h26-27,30-31,37,39,42-43,46-47H,3-25,28-29,32-36,38,40-41H2,1-2H3,(H,45,48)/b27-26+,31-30+,39-37+. The van der Waals surface area contributed by atoms with Gasteiger partial charge in [-0.15, -0.1) is 0 Å². The minimum absolute atomic E-state index is 0.0805. The van der Waals surface area contributed by atoms with Gasteiger partial charge in [-0.05, 0) is 44.9 Å². The Balaban J connectivity index is 3.59. The third kappa shape index (κ3) is 35.9. The average molecular weight is 674 g/mol. The Morgan fingerprint density at radius 1 is 0.479 bits per heavy atom. The first-order chi connectivity index (χ1) is 23.7. The molecule has 48 heavy (non-hydrogen) atoms. The lowest BCUT2D eigenvalue weighted by Gasteiger charge is -2.19. The van der Waals surface area contributed by atoms with Gasteiger partial charge in [-0.25, -0.2) is 0 Å². The summed E-state index contributed by atoms with van der Waals surface area (Å²) in [4.78, 5) is 12.3. The molecule has 4 nitrogen and oxygen atoms in total. The molecule has 0 aromatic heterocycles. The summed E-state index contributed by atoms with van der Waals surface area (Å²) >= 11 is 0. The van der Waals surface area contributed by atoms with E-state index < -0.39 is 12.1 Å². The van der Waals surface area contributed by atoms with E-state index in [9.17, 15) is 15.0 Å². The number of carbonyl (C=O) groups excluding carboxylic acids is 1. The third-order valence-corrected chi connectivity index (χ3v) is 9.60. The minimum Gasteiger partial charge on any atom is -0.394 e. The first-order valence-corrected chi connectivity index (χ1v) is 21.2. The molecule has 282 valence electrons. The predicted octanol–water partition coefficient (Wildman–Crippen LogP) is 13.0. The van der Waals surface area contributed by atoms with Crippen LogP contribution in [-0.2, 0) is 4.79 Å². The van der Waals surface area contributed by atoms with Crippen LogP contribution in [0.15, 0.2) is 36.5 Å². The molecule has 0 aromatic carbocycles. The van der Waals surface area contributed by atoms with Gasteiger partial charge in [-0.3, -0.25) is 4.79 Å². The number of allylic oxidation sites excluding steroid dienone is 5. The molecule has 0 aliphatic carbocycles. The number of rotatable bonds is 38. The summed E-state index contributed by atoms with van der Waals surface area (Å²) in [5.74, 6) is -0.0805. The molecule has 0 fully saturated rings. The van der Waals surface area contributed by atoms with E-state index in [1.54, 1.807) is 6.08 Å². The zero-order valence-corrected chi connectivity index (χ0v) is 32.3. The topological polar surface area (TPSA) is 69.6 Å². The molecule has 0 bridgehead atoms. The lowest BCUT2D eigenvalue weighted by Crippen LogP contribution is -2.45. The van der Waals surface area contributed by atoms with Gasteiger partial charge in [0.05, 0.1) is 18.8 Å². The van der Waals surface area contributed by atoms with Gasteiger partial charge in [0.1, 0.15) is 0 Å². The van der Waals surface area contributed by atoms with E-state index in [1.165, 1.54) is 161 Å². The summed E-state index contributed by atoms with van der Waals surface area (Å²) in [6.07, 6.45) is 52.6. The van der Waals surface area contributed by atoms with Gasteiger partial charge in [0.15, 0.2) is 0 Å². The molecule has 4 heteroatoms. The molecular weight excluding hydrogens is 590 g/mol. The fraction of sp³-hybridized carbons (Fsp3) is 0.841. The number of carbonyl (C=O) groups is 1. The number of aliphatic hydroxyl groups is 2. The number of amides is 1. The minimum atomic E-state index is -0.866. The Morgan fingerprint density at radius 2 is 0.812 bits per heavy atom. The van der Waals surface area contributed by atoms with Crippen LogP contribution >= 0.6 is 0 Å². The van der Waals surface area contributed by atoms with Crippen molar-refractivity contribution in [3.05, 3.63) is 36.5 Å². The van der Waals surface area contributed by atoms with Gasteiger partial charge >= 0.3 is 0 Å². The van der Waals surface area contributed by atoms with Gasteiger partial charge in [-0.2, -0.15) is 0 Å². The molecule has 2 unspecified atom stereocenters. The number of unbranched alkanes of at least 4 members (excludes halogenated alkanes) is 27. The molecule has 0 aromatic rings. The van der Waals surface area contributed by atoms with Crippen LogP contribution in [-0.4, -0.2) is 34.9 Å². The molecule has 0 saturated heterocycles. The predicted molar refractivity (Wildman–Crippen MR) is 212 cm³/mol. The van der Waals surface area contributed by atoms with Crippen LogP contribution in [0.1, 0.15) is 219 Å². The van der Waals surface area contributed by atoms with Crippen LogP contribution < -0.4 is 5.32 Å². The Morgan fingerprint density at radius 3 is 1.21 bits per heavy atom. The maximum Gasteiger partial charge on any atom is 0.220 e. The van der Waals surface area contributed by atoms with E-state index in [-0.39, 0.29) is 12.5 Å². The number of hydrogen-bond acceptors (Lipinski definition) is 3. The van der Waals surface area contributed by atoms with Crippen molar-refractivity contribution >= 4 is 5.91 Å². The highest BCUT2D eigenvalue weighted by Crippen LogP contribution is 2.15. The second-order valence-corrected chi connectivity index (χ2v) is 14.4. The maximum absolute atomic E-state index is 12.3. The van der Waals surface area contributed by atoms with Gasteiger partial charge in [0.25, 0.3) is 0 Å². The fourth-order valence-electron chi connectivity index (χ4n) is 6.33. The monoisotopic (exact) mass is 674 g/mol. The van der Waals surface area contributed by atoms with Gasteiger partial charge in [0.2, 0.25) is 5.91 Å². The second-order valence-electron chi connectivity index (χ2n) is 14.4. The van der Waals surface area contributed by atoms with E-state index in [0.29, 0.717) is 6.42 Å². The van der Waals surface area contributed by atoms with Crippen molar-refractivity contribution in [2.45, 2.75) is 231 Å². The second kappa shape index (κ2) is 40.0. The van der Waals surface area contributed by atoms with Crippen molar-refractivity contribution in [2.24, 2.45) is 0 Å². The maximum atomic E-state index is 12.3. The van der Waals surface area contributed by atoms with E-state index in [2.05, 4.69) is 43.5 Å². The van der Waals surface area contributed by atoms with Crippen LogP contribution in [0.2, 0.25) is 0 Å². The number of aliphatic hydroxyl groups excluding tert-OH is 2. The summed E-state index contributed by atoms with van der Waals surface area (Å²) in [6.45, 7) is 4.28. The van der Waals surface area contributed by atoms with Crippen LogP contribution in [0.3, 0.4) is 0 Å². The fourth-order valence-corrected chi connectivity index (χ4v) is 6.33. The number of hydrogen-bond donors (Lipinski definition) is 3. The molecule has 3 N–H and O–H groups in total. The smallest absolute Gasteiger partial charge is 0.220 e. The van der Waals surface area contributed by atoms with Gasteiger partial charge in [0, 0.05) is 6.42 Å². The molecule has 0 saturated carbocycles. The van der Waals surface area contributed by atoms with E-state index in [1.807, 2.05) is 6.08 Å². The lowest BCUT2D eigenvalue weighted by molar-refractivity contribution is -0.123. The zero-order chi connectivity index (χ0) is 35.0. The molecule has 0 aliphatic heterocycles. The Labute approximate surface area is 300 Å².